The van der Waals surface area contributed by atoms with Crippen LogP contribution in [-0.4, -0.2) is 41.1 Å². The fourth-order valence-corrected chi connectivity index (χ4v) is 2.67. The standard InChI is InChI=1S/C18H36O3.Li/c1-2-3-4-11-14-17(19)15-12-9-7-5-6-8-10-13-16-18(20)21;/h17,19H,2-16H2,1H3,(H,20,21);. The van der Waals surface area contributed by atoms with Gasteiger partial charge in [0.25, 0.3) is 0 Å². The Bertz CT molecular complexity index is 234. The maximum absolute atomic E-state index is 10.3. The molecule has 2 N–H and O–H groups in total. The maximum atomic E-state index is 10.3. The van der Waals surface area contributed by atoms with Gasteiger partial charge in [0.1, 0.15) is 0 Å². The van der Waals surface area contributed by atoms with Gasteiger partial charge in [0.15, 0.2) is 0 Å². The van der Waals surface area contributed by atoms with Crippen molar-refractivity contribution in [1.82, 2.24) is 0 Å². The number of carboxylic acid groups (broad SMARTS) is 1. The number of aliphatic carboxylic acids is 1. The molecule has 0 bridgehead atoms. The number of hydrogen-bond acceptors (Lipinski definition) is 2. The molecule has 127 valence electrons. The summed E-state index contributed by atoms with van der Waals surface area (Å²) in [5, 5.41) is 18.4. The van der Waals surface area contributed by atoms with Gasteiger partial charge in [-0.1, -0.05) is 77.6 Å². The molecule has 1 radical (unpaired) electrons. The van der Waals surface area contributed by atoms with Crippen LogP contribution in [0.3, 0.4) is 0 Å². The zero-order chi connectivity index (χ0) is 15.8. The zero-order valence-corrected chi connectivity index (χ0v) is 15.0. The summed E-state index contributed by atoms with van der Waals surface area (Å²) in [6.07, 6.45) is 16.3. The third-order valence-corrected chi connectivity index (χ3v) is 4.07. The largest absolute Gasteiger partial charge is 0.481 e. The average molecular weight is 307 g/mol. The van der Waals surface area contributed by atoms with Crippen molar-refractivity contribution in [1.29, 1.82) is 0 Å². The van der Waals surface area contributed by atoms with Gasteiger partial charge in [-0.3, -0.25) is 4.79 Å². The van der Waals surface area contributed by atoms with E-state index in [2.05, 4.69) is 6.92 Å². The minimum Gasteiger partial charge on any atom is -0.481 e. The third kappa shape index (κ3) is 20.0. The van der Waals surface area contributed by atoms with Crippen molar-refractivity contribution in [3.05, 3.63) is 0 Å². The van der Waals surface area contributed by atoms with Crippen LogP contribution in [0.5, 0.6) is 0 Å². The molecule has 3 nitrogen and oxygen atoms in total. The quantitative estimate of drug-likeness (QED) is 0.314. The molecule has 0 aromatic carbocycles. The second kappa shape index (κ2) is 19.1. The molecule has 0 aliphatic carbocycles. The molecule has 0 fully saturated rings. The molecule has 0 aromatic rings. The van der Waals surface area contributed by atoms with Gasteiger partial charge in [-0.2, -0.15) is 0 Å². The summed E-state index contributed by atoms with van der Waals surface area (Å²) in [7, 11) is 0. The Labute approximate surface area is 149 Å². The fourth-order valence-electron chi connectivity index (χ4n) is 2.67. The van der Waals surface area contributed by atoms with Crippen LogP contribution in [0.15, 0.2) is 0 Å². The summed E-state index contributed by atoms with van der Waals surface area (Å²) in [4.78, 5) is 10.3. The molecule has 0 saturated heterocycles. The van der Waals surface area contributed by atoms with Gasteiger partial charge in [0, 0.05) is 25.3 Å². The maximum Gasteiger partial charge on any atom is 0.303 e. The van der Waals surface area contributed by atoms with Gasteiger partial charge in [-0.05, 0) is 19.3 Å². The van der Waals surface area contributed by atoms with Gasteiger partial charge in [-0.15, -0.1) is 0 Å². The van der Waals surface area contributed by atoms with Crippen LogP contribution in [0.25, 0.3) is 0 Å². The molecule has 0 spiro atoms. The molecule has 1 unspecified atom stereocenters. The van der Waals surface area contributed by atoms with Crippen LogP contribution in [-0.2, 0) is 4.79 Å². The van der Waals surface area contributed by atoms with Crippen molar-refractivity contribution in [3.63, 3.8) is 0 Å². The first kappa shape index (κ1) is 24.3. The number of unbranched alkanes of at least 4 members (excludes halogenated alkanes) is 10. The van der Waals surface area contributed by atoms with Crippen LogP contribution in [0.4, 0.5) is 0 Å². The normalized spacial score (nSPS) is 11.9. The summed E-state index contributed by atoms with van der Waals surface area (Å²) in [5.41, 5.74) is 0. The van der Waals surface area contributed by atoms with Gasteiger partial charge in [0.2, 0.25) is 0 Å². The van der Waals surface area contributed by atoms with E-state index in [1.54, 1.807) is 0 Å². The van der Waals surface area contributed by atoms with E-state index in [1.165, 1.54) is 51.4 Å². The molecule has 1 atom stereocenters. The van der Waals surface area contributed by atoms with Crippen molar-refractivity contribution in [2.24, 2.45) is 0 Å². The molecule has 22 heavy (non-hydrogen) atoms. The number of carbonyl (C=O) groups is 1. The Morgan fingerprint density at radius 3 is 1.64 bits per heavy atom. The van der Waals surface area contributed by atoms with Crippen LogP contribution < -0.4 is 0 Å². The number of rotatable bonds is 16. The average Bonchev–Trinajstić information content (AvgIpc) is 2.45. The summed E-state index contributed by atoms with van der Waals surface area (Å²) in [6, 6.07) is 0. The summed E-state index contributed by atoms with van der Waals surface area (Å²) < 4.78 is 0. The molecule has 0 rings (SSSR count). The van der Waals surface area contributed by atoms with Crippen LogP contribution in [0.2, 0.25) is 0 Å². The third-order valence-electron chi connectivity index (χ3n) is 4.07. The second-order valence-electron chi connectivity index (χ2n) is 6.26. The summed E-state index contributed by atoms with van der Waals surface area (Å²) in [6.45, 7) is 2.21. The number of carboxylic acids is 1. The van der Waals surface area contributed by atoms with E-state index in [0.29, 0.717) is 6.42 Å². The Hall–Kier alpha value is 0.0274. The van der Waals surface area contributed by atoms with Gasteiger partial charge in [-0.25, -0.2) is 0 Å². The molecular formula is C18H36LiO3. The van der Waals surface area contributed by atoms with E-state index >= 15 is 0 Å². The van der Waals surface area contributed by atoms with Crippen molar-refractivity contribution in [3.8, 4) is 0 Å². The van der Waals surface area contributed by atoms with E-state index in [-0.39, 0.29) is 25.0 Å². The topological polar surface area (TPSA) is 57.5 Å². The predicted octanol–water partition coefficient (Wildman–Crippen LogP) is 4.92. The first-order valence-electron chi connectivity index (χ1n) is 9.06. The van der Waals surface area contributed by atoms with E-state index < -0.39 is 5.97 Å². The minimum atomic E-state index is -0.678. The first-order valence-corrected chi connectivity index (χ1v) is 9.06. The zero-order valence-electron chi connectivity index (χ0n) is 15.0. The van der Waals surface area contributed by atoms with E-state index in [4.69, 9.17) is 5.11 Å². The van der Waals surface area contributed by atoms with Gasteiger partial charge >= 0.3 is 5.97 Å². The smallest absolute Gasteiger partial charge is 0.303 e. The van der Waals surface area contributed by atoms with Gasteiger partial charge in [0.05, 0.1) is 6.10 Å². The van der Waals surface area contributed by atoms with Crippen LogP contribution in [0, 0.1) is 0 Å². The monoisotopic (exact) mass is 307 g/mol. The first-order chi connectivity index (χ1) is 10.2. The number of aliphatic hydroxyl groups excluding tert-OH is 1. The molecule has 0 aliphatic heterocycles. The van der Waals surface area contributed by atoms with Crippen molar-refractivity contribution in [2.45, 2.75) is 109 Å². The number of hydrogen-bond donors (Lipinski definition) is 2. The van der Waals surface area contributed by atoms with E-state index in [1.807, 2.05) is 0 Å². The second-order valence-corrected chi connectivity index (χ2v) is 6.26. The van der Waals surface area contributed by atoms with Crippen LogP contribution in [0.1, 0.15) is 103 Å². The molecule has 0 saturated carbocycles. The summed E-state index contributed by atoms with van der Waals surface area (Å²) in [5.74, 6) is -0.678. The minimum absolute atomic E-state index is 0. The van der Waals surface area contributed by atoms with Crippen molar-refractivity contribution in [2.75, 3.05) is 0 Å². The molecule has 0 amide bonds. The van der Waals surface area contributed by atoms with Crippen molar-refractivity contribution >= 4 is 24.8 Å². The Morgan fingerprint density at radius 1 is 0.773 bits per heavy atom. The molecule has 0 heterocycles. The van der Waals surface area contributed by atoms with E-state index in [9.17, 15) is 9.90 Å². The van der Waals surface area contributed by atoms with Crippen molar-refractivity contribution < 1.29 is 15.0 Å². The van der Waals surface area contributed by atoms with Gasteiger partial charge < -0.3 is 10.2 Å². The Kier molecular flexibility index (Phi) is 21.1. The number of aliphatic hydroxyl groups is 1. The molecule has 0 aliphatic rings. The molecule has 4 heteroatoms. The van der Waals surface area contributed by atoms with E-state index in [0.717, 1.165) is 38.5 Å². The van der Waals surface area contributed by atoms with Crippen LogP contribution >= 0.6 is 0 Å². The fraction of sp³-hybridized carbons (Fsp3) is 0.944. The Balaban J connectivity index is 0. The predicted molar refractivity (Wildman–Crippen MR) is 94.3 cm³/mol. The Morgan fingerprint density at radius 2 is 1.18 bits per heavy atom. The summed E-state index contributed by atoms with van der Waals surface area (Å²) >= 11 is 0. The molecule has 0 aromatic heterocycles. The SMILES string of the molecule is CCCCCCC(O)CCCCCCCCCCC(=O)O.[Li]. The molecular weight excluding hydrogens is 271 g/mol.